The molecule has 0 bridgehead atoms. The van der Waals surface area contributed by atoms with Gasteiger partial charge in [0.1, 0.15) is 11.9 Å². The van der Waals surface area contributed by atoms with Gasteiger partial charge in [0.2, 0.25) is 0 Å². The van der Waals surface area contributed by atoms with Crippen molar-refractivity contribution in [3.63, 3.8) is 0 Å². The van der Waals surface area contributed by atoms with Crippen molar-refractivity contribution >= 4 is 5.91 Å². The van der Waals surface area contributed by atoms with E-state index in [0.29, 0.717) is 31.9 Å². The summed E-state index contributed by atoms with van der Waals surface area (Å²) in [6.07, 6.45) is 3.99. The number of carbonyl (C=O) groups is 1. The fourth-order valence-electron chi connectivity index (χ4n) is 3.75. The van der Waals surface area contributed by atoms with Gasteiger partial charge in [-0.15, -0.1) is 0 Å². The molecule has 6 nitrogen and oxygen atoms in total. The van der Waals surface area contributed by atoms with Gasteiger partial charge in [-0.25, -0.2) is 0 Å². The molecule has 0 radical (unpaired) electrons. The van der Waals surface area contributed by atoms with E-state index in [1.807, 2.05) is 47.5 Å². The summed E-state index contributed by atoms with van der Waals surface area (Å²) in [4.78, 5) is 21.3. The number of hydrogen-bond donors (Lipinski definition) is 0. The molecular weight excluding hydrogens is 354 g/mol. The number of likely N-dealkylation sites (tertiary alicyclic amines) is 1. The SMILES string of the molecule is O=C(c1cccc(OC2CCN(Cc3ccccn3)CC2)c1)N1CCOCC1. The highest BCUT2D eigenvalue weighted by atomic mass is 16.5. The van der Waals surface area contributed by atoms with Crippen LogP contribution in [-0.4, -0.2) is 66.2 Å². The van der Waals surface area contributed by atoms with Crippen LogP contribution in [0.2, 0.25) is 0 Å². The van der Waals surface area contributed by atoms with E-state index in [9.17, 15) is 4.79 Å². The lowest BCUT2D eigenvalue weighted by Crippen LogP contribution is -2.40. The van der Waals surface area contributed by atoms with Crippen LogP contribution in [0, 0.1) is 0 Å². The first-order valence-corrected chi connectivity index (χ1v) is 10.0. The maximum Gasteiger partial charge on any atom is 0.254 e. The number of carbonyl (C=O) groups excluding carboxylic acids is 1. The third-order valence-electron chi connectivity index (χ3n) is 5.33. The summed E-state index contributed by atoms with van der Waals surface area (Å²) < 4.78 is 11.5. The van der Waals surface area contributed by atoms with Crippen molar-refractivity contribution in [2.75, 3.05) is 39.4 Å². The van der Waals surface area contributed by atoms with Crippen molar-refractivity contribution in [1.82, 2.24) is 14.8 Å². The van der Waals surface area contributed by atoms with Crippen LogP contribution in [0.15, 0.2) is 48.7 Å². The van der Waals surface area contributed by atoms with E-state index in [1.54, 1.807) is 0 Å². The highest BCUT2D eigenvalue weighted by Crippen LogP contribution is 2.22. The van der Waals surface area contributed by atoms with Gasteiger partial charge >= 0.3 is 0 Å². The van der Waals surface area contributed by atoms with Crippen molar-refractivity contribution in [2.24, 2.45) is 0 Å². The van der Waals surface area contributed by atoms with Crippen LogP contribution >= 0.6 is 0 Å². The molecule has 2 saturated heterocycles. The summed E-state index contributed by atoms with van der Waals surface area (Å²) in [6, 6.07) is 13.6. The van der Waals surface area contributed by atoms with E-state index in [0.717, 1.165) is 43.9 Å². The molecule has 0 unspecified atom stereocenters. The molecule has 1 amide bonds. The van der Waals surface area contributed by atoms with Crippen LogP contribution < -0.4 is 4.74 Å². The molecule has 1 aromatic carbocycles. The topological polar surface area (TPSA) is 54.9 Å². The first-order valence-electron chi connectivity index (χ1n) is 10.0. The molecule has 28 heavy (non-hydrogen) atoms. The normalized spacial score (nSPS) is 18.8. The fraction of sp³-hybridized carbons (Fsp3) is 0.455. The van der Waals surface area contributed by atoms with Crippen LogP contribution in [-0.2, 0) is 11.3 Å². The summed E-state index contributed by atoms with van der Waals surface area (Å²) in [5, 5.41) is 0. The molecule has 2 aliphatic heterocycles. The van der Waals surface area contributed by atoms with Gasteiger partial charge < -0.3 is 14.4 Å². The molecular formula is C22H27N3O3. The van der Waals surface area contributed by atoms with Gasteiger partial charge in [0, 0.05) is 44.5 Å². The second-order valence-corrected chi connectivity index (χ2v) is 7.35. The quantitative estimate of drug-likeness (QED) is 0.797. The number of benzene rings is 1. The molecule has 148 valence electrons. The van der Waals surface area contributed by atoms with Crippen LogP contribution in [0.5, 0.6) is 5.75 Å². The number of piperidine rings is 1. The minimum atomic E-state index is 0.0546. The molecule has 2 aromatic rings. The predicted molar refractivity (Wildman–Crippen MR) is 106 cm³/mol. The molecule has 6 heteroatoms. The molecule has 0 atom stereocenters. The smallest absolute Gasteiger partial charge is 0.254 e. The zero-order chi connectivity index (χ0) is 19.2. The van der Waals surface area contributed by atoms with Gasteiger partial charge in [0.25, 0.3) is 5.91 Å². The van der Waals surface area contributed by atoms with Crippen LogP contribution in [0.3, 0.4) is 0 Å². The number of morpholine rings is 1. The second kappa shape index (κ2) is 9.17. The number of ether oxygens (including phenoxy) is 2. The van der Waals surface area contributed by atoms with Gasteiger partial charge in [-0.3, -0.25) is 14.7 Å². The Morgan fingerprint density at radius 3 is 2.64 bits per heavy atom. The van der Waals surface area contributed by atoms with E-state index in [2.05, 4.69) is 16.0 Å². The molecule has 2 fully saturated rings. The lowest BCUT2D eigenvalue weighted by Gasteiger charge is -2.32. The average Bonchev–Trinajstić information content (AvgIpc) is 2.76. The molecule has 2 aliphatic rings. The van der Waals surface area contributed by atoms with Crippen molar-refractivity contribution in [2.45, 2.75) is 25.5 Å². The molecule has 0 spiro atoms. The predicted octanol–water partition coefficient (Wildman–Crippen LogP) is 2.60. The Bertz CT molecular complexity index is 770. The highest BCUT2D eigenvalue weighted by Gasteiger charge is 2.22. The van der Waals surface area contributed by atoms with E-state index < -0.39 is 0 Å². The van der Waals surface area contributed by atoms with Crippen molar-refractivity contribution in [3.8, 4) is 5.75 Å². The van der Waals surface area contributed by atoms with E-state index in [-0.39, 0.29) is 12.0 Å². The van der Waals surface area contributed by atoms with Gasteiger partial charge in [0.05, 0.1) is 18.9 Å². The largest absolute Gasteiger partial charge is 0.490 e. The van der Waals surface area contributed by atoms with Gasteiger partial charge in [-0.05, 0) is 43.2 Å². The second-order valence-electron chi connectivity index (χ2n) is 7.35. The van der Waals surface area contributed by atoms with E-state index in [4.69, 9.17) is 9.47 Å². The Labute approximate surface area is 166 Å². The average molecular weight is 381 g/mol. The van der Waals surface area contributed by atoms with Crippen molar-refractivity contribution < 1.29 is 14.3 Å². The summed E-state index contributed by atoms with van der Waals surface area (Å²) >= 11 is 0. The summed E-state index contributed by atoms with van der Waals surface area (Å²) in [7, 11) is 0. The molecule has 0 saturated carbocycles. The molecule has 0 N–H and O–H groups in total. The van der Waals surface area contributed by atoms with E-state index >= 15 is 0 Å². The Hall–Kier alpha value is -2.44. The lowest BCUT2D eigenvalue weighted by atomic mass is 10.1. The van der Waals surface area contributed by atoms with Gasteiger partial charge in [-0.2, -0.15) is 0 Å². The standard InChI is InChI=1S/C22H27N3O3/c26-22(25-12-14-27-15-13-25)18-4-3-6-21(16-18)28-20-7-10-24(11-8-20)17-19-5-1-2-9-23-19/h1-6,9,16,20H,7-8,10-15,17H2. The monoisotopic (exact) mass is 381 g/mol. The Morgan fingerprint density at radius 1 is 1.07 bits per heavy atom. The minimum absolute atomic E-state index is 0.0546. The minimum Gasteiger partial charge on any atom is -0.490 e. The highest BCUT2D eigenvalue weighted by molar-refractivity contribution is 5.94. The third-order valence-corrected chi connectivity index (χ3v) is 5.33. The number of pyridine rings is 1. The Morgan fingerprint density at radius 2 is 1.89 bits per heavy atom. The summed E-state index contributed by atoms with van der Waals surface area (Å²) in [5.74, 6) is 0.834. The zero-order valence-electron chi connectivity index (χ0n) is 16.1. The first-order chi connectivity index (χ1) is 13.8. The summed E-state index contributed by atoms with van der Waals surface area (Å²) in [6.45, 7) is 5.40. The maximum atomic E-state index is 12.7. The molecule has 4 rings (SSSR count). The van der Waals surface area contributed by atoms with Crippen LogP contribution in [0.4, 0.5) is 0 Å². The maximum absolute atomic E-state index is 12.7. The van der Waals surface area contributed by atoms with Gasteiger partial charge in [0.15, 0.2) is 0 Å². The summed E-state index contributed by atoms with van der Waals surface area (Å²) in [5.41, 5.74) is 1.79. The van der Waals surface area contributed by atoms with Crippen molar-refractivity contribution in [1.29, 1.82) is 0 Å². The lowest BCUT2D eigenvalue weighted by molar-refractivity contribution is 0.0302. The number of nitrogens with zero attached hydrogens (tertiary/aromatic N) is 3. The van der Waals surface area contributed by atoms with Crippen molar-refractivity contribution in [3.05, 3.63) is 59.9 Å². The van der Waals surface area contributed by atoms with Crippen LogP contribution in [0.25, 0.3) is 0 Å². The zero-order valence-corrected chi connectivity index (χ0v) is 16.1. The Kier molecular flexibility index (Phi) is 6.19. The van der Waals surface area contributed by atoms with Gasteiger partial charge in [-0.1, -0.05) is 12.1 Å². The Balaban J connectivity index is 1.30. The fourth-order valence-corrected chi connectivity index (χ4v) is 3.75. The number of aromatic nitrogens is 1. The number of amides is 1. The molecule has 0 aliphatic carbocycles. The first kappa shape index (κ1) is 18.9. The van der Waals surface area contributed by atoms with Crippen LogP contribution in [0.1, 0.15) is 28.9 Å². The molecule has 3 heterocycles. The number of rotatable bonds is 5. The van der Waals surface area contributed by atoms with E-state index in [1.165, 1.54) is 0 Å². The molecule has 1 aromatic heterocycles. The third kappa shape index (κ3) is 4.88. The number of hydrogen-bond acceptors (Lipinski definition) is 5.